The average molecular weight is 858 g/mol. The Morgan fingerprint density at radius 3 is 1.52 bits per heavy atom. The van der Waals surface area contributed by atoms with Gasteiger partial charge in [0.05, 0.1) is 15.8 Å². The molecule has 11 aromatic rings. The topological polar surface area (TPSA) is 3.24 Å². The molecule has 10 aromatic carbocycles. The molecular formula is C64H43NS. The summed E-state index contributed by atoms with van der Waals surface area (Å²) in [6, 6.07) is 84.5. The van der Waals surface area contributed by atoms with Crippen molar-refractivity contribution in [2.75, 3.05) is 4.90 Å². The van der Waals surface area contributed by atoms with Crippen LogP contribution < -0.4 is 4.90 Å². The minimum atomic E-state index is -0.418. The highest BCUT2D eigenvalue weighted by Crippen LogP contribution is 2.63. The zero-order chi connectivity index (χ0) is 43.7. The first-order chi connectivity index (χ1) is 32.5. The zero-order valence-corrected chi connectivity index (χ0v) is 37.5. The fraction of sp³-hybridized carbons (Fsp3) is 0.0625. The van der Waals surface area contributed by atoms with Crippen LogP contribution in [0.2, 0.25) is 0 Å². The second-order valence-electron chi connectivity index (χ2n) is 18.8. The van der Waals surface area contributed by atoms with Gasteiger partial charge >= 0.3 is 0 Å². The first-order valence-corrected chi connectivity index (χ1v) is 23.9. The monoisotopic (exact) mass is 857 g/mol. The number of rotatable bonds is 5. The van der Waals surface area contributed by atoms with Gasteiger partial charge in [-0.1, -0.05) is 190 Å². The van der Waals surface area contributed by atoms with Gasteiger partial charge in [0.1, 0.15) is 0 Å². The van der Waals surface area contributed by atoms with Crippen molar-refractivity contribution in [3.05, 3.63) is 258 Å². The van der Waals surface area contributed by atoms with E-state index in [0.717, 1.165) is 11.4 Å². The summed E-state index contributed by atoms with van der Waals surface area (Å²) >= 11 is 1.89. The maximum absolute atomic E-state index is 2.53. The van der Waals surface area contributed by atoms with Crippen molar-refractivity contribution in [2.24, 2.45) is 0 Å². The summed E-state index contributed by atoms with van der Waals surface area (Å²) < 4.78 is 2.57. The summed E-state index contributed by atoms with van der Waals surface area (Å²) in [4.78, 5) is 2.53. The third-order valence-electron chi connectivity index (χ3n) is 15.1. The highest BCUT2D eigenvalue weighted by molar-refractivity contribution is 7.26. The predicted molar refractivity (Wildman–Crippen MR) is 279 cm³/mol. The molecule has 1 nitrogen and oxygen atoms in total. The van der Waals surface area contributed by atoms with Crippen molar-refractivity contribution in [3.63, 3.8) is 0 Å². The van der Waals surface area contributed by atoms with Crippen LogP contribution in [0.4, 0.5) is 17.1 Å². The summed E-state index contributed by atoms with van der Waals surface area (Å²) in [7, 11) is 0. The molecule has 0 amide bonds. The van der Waals surface area contributed by atoms with Crippen molar-refractivity contribution in [1.29, 1.82) is 0 Å². The quantitative estimate of drug-likeness (QED) is 0.167. The van der Waals surface area contributed by atoms with Crippen LogP contribution in [0.3, 0.4) is 0 Å². The van der Waals surface area contributed by atoms with Gasteiger partial charge in [0, 0.05) is 32.3 Å². The Morgan fingerprint density at radius 2 is 0.833 bits per heavy atom. The lowest BCUT2D eigenvalue weighted by atomic mass is 9.70. The number of thiophene rings is 1. The molecule has 0 N–H and O–H groups in total. The molecule has 1 aromatic heterocycles. The van der Waals surface area contributed by atoms with Crippen molar-refractivity contribution >= 4 is 48.6 Å². The van der Waals surface area contributed by atoms with Crippen LogP contribution in [0, 0.1) is 0 Å². The summed E-state index contributed by atoms with van der Waals surface area (Å²) in [6.45, 7) is 4.76. The summed E-state index contributed by atoms with van der Waals surface area (Å²) in [5.41, 5.74) is 23.8. The summed E-state index contributed by atoms with van der Waals surface area (Å²) in [5, 5.41) is 2.56. The number of fused-ring (bicyclic) bond motifs is 16. The van der Waals surface area contributed by atoms with E-state index >= 15 is 0 Å². The van der Waals surface area contributed by atoms with E-state index in [2.05, 4.69) is 243 Å². The van der Waals surface area contributed by atoms with E-state index in [4.69, 9.17) is 0 Å². The lowest BCUT2D eigenvalue weighted by Crippen LogP contribution is -2.25. The van der Waals surface area contributed by atoms with E-state index in [1.54, 1.807) is 0 Å². The molecule has 0 atom stereocenters. The molecular weight excluding hydrogens is 815 g/mol. The lowest BCUT2D eigenvalue weighted by molar-refractivity contribution is 0.660. The van der Waals surface area contributed by atoms with Gasteiger partial charge in [0.25, 0.3) is 0 Å². The summed E-state index contributed by atoms with van der Waals surface area (Å²) in [5.74, 6) is 0. The van der Waals surface area contributed by atoms with Gasteiger partial charge in [0.2, 0.25) is 0 Å². The highest BCUT2D eigenvalue weighted by atomic mass is 32.1. The standard InChI is InChI=1S/C64H43NS/c1-63(2)54-23-11-6-18-46(54)50-35-33-45(39-58(50)63)65(44-31-28-41(29-32-44)40-16-4-3-5-17-40)60-38-43(36-53-52-22-10-15-27-61(52)66-62(53)60)42-30-34-51-49-21-9-14-26-57(49)64(59(51)37-42)55-24-12-7-19-47(55)48-20-8-13-25-56(48)64/h3-39H,1-2H3. The Morgan fingerprint density at radius 1 is 0.333 bits per heavy atom. The number of hydrogen-bond donors (Lipinski definition) is 0. The van der Waals surface area contributed by atoms with E-state index < -0.39 is 5.41 Å². The smallest absolute Gasteiger partial charge is 0.0725 e. The van der Waals surface area contributed by atoms with E-state index in [9.17, 15) is 0 Å². The van der Waals surface area contributed by atoms with Gasteiger partial charge in [-0.25, -0.2) is 0 Å². The lowest BCUT2D eigenvalue weighted by Gasteiger charge is -2.31. The molecule has 0 radical (unpaired) electrons. The van der Waals surface area contributed by atoms with Crippen LogP contribution in [-0.2, 0) is 10.8 Å². The van der Waals surface area contributed by atoms with Crippen LogP contribution in [0.15, 0.2) is 224 Å². The largest absolute Gasteiger partial charge is 0.309 e. The zero-order valence-electron chi connectivity index (χ0n) is 36.7. The molecule has 3 aliphatic rings. The van der Waals surface area contributed by atoms with Gasteiger partial charge in [-0.2, -0.15) is 0 Å². The molecule has 1 spiro atoms. The van der Waals surface area contributed by atoms with Crippen LogP contribution in [0.25, 0.3) is 75.8 Å². The van der Waals surface area contributed by atoms with Crippen molar-refractivity contribution < 1.29 is 0 Å². The van der Waals surface area contributed by atoms with Gasteiger partial charge in [-0.15, -0.1) is 11.3 Å². The normalized spacial score (nSPS) is 14.2. The first kappa shape index (κ1) is 37.6. The van der Waals surface area contributed by atoms with Crippen LogP contribution >= 0.6 is 11.3 Å². The van der Waals surface area contributed by atoms with E-state index in [-0.39, 0.29) is 5.41 Å². The van der Waals surface area contributed by atoms with Gasteiger partial charge < -0.3 is 4.90 Å². The SMILES string of the molecule is CC1(C)c2ccccc2-c2ccc(N(c3ccc(-c4ccccc4)cc3)c3cc(-c4ccc5c(c4)C4(c6ccccc6-c6ccccc64)c4ccccc4-5)cc4c3sc3ccccc34)cc21. The molecule has 0 fully saturated rings. The molecule has 0 bridgehead atoms. The molecule has 0 aliphatic heterocycles. The van der Waals surface area contributed by atoms with Crippen molar-refractivity contribution in [1.82, 2.24) is 0 Å². The van der Waals surface area contributed by atoms with Gasteiger partial charge in [-0.05, 0) is 138 Å². The minimum Gasteiger partial charge on any atom is -0.309 e. The average Bonchev–Trinajstić information content (AvgIpc) is 4.06. The van der Waals surface area contributed by atoms with Gasteiger partial charge in [0.15, 0.2) is 0 Å². The Labute approximate surface area is 389 Å². The van der Waals surface area contributed by atoms with Crippen molar-refractivity contribution in [3.8, 4) is 55.6 Å². The van der Waals surface area contributed by atoms with E-state index in [1.165, 1.54) is 115 Å². The van der Waals surface area contributed by atoms with Crippen LogP contribution in [-0.4, -0.2) is 0 Å². The third-order valence-corrected chi connectivity index (χ3v) is 16.3. The Kier molecular flexibility index (Phi) is 7.89. The Hall–Kier alpha value is -7.78. The summed E-state index contributed by atoms with van der Waals surface area (Å²) in [6.07, 6.45) is 0. The predicted octanol–water partition coefficient (Wildman–Crippen LogP) is 17.5. The molecule has 2 heteroatoms. The molecule has 310 valence electrons. The highest BCUT2D eigenvalue weighted by Gasteiger charge is 2.51. The second kappa shape index (κ2) is 13.9. The Bertz CT molecular complexity index is 3730. The molecule has 0 saturated carbocycles. The van der Waals surface area contributed by atoms with Crippen LogP contribution in [0.1, 0.15) is 47.2 Å². The molecule has 14 rings (SSSR count). The fourth-order valence-electron chi connectivity index (χ4n) is 12.1. The maximum Gasteiger partial charge on any atom is 0.0725 e. The second-order valence-corrected chi connectivity index (χ2v) is 19.8. The number of hydrogen-bond acceptors (Lipinski definition) is 2. The molecule has 66 heavy (non-hydrogen) atoms. The van der Waals surface area contributed by atoms with Gasteiger partial charge in [-0.3, -0.25) is 0 Å². The number of anilines is 3. The molecule has 0 unspecified atom stereocenters. The van der Waals surface area contributed by atoms with Crippen molar-refractivity contribution in [2.45, 2.75) is 24.7 Å². The third kappa shape index (κ3) is 5.11. The number of benzene rings is 10. The number of nitrogens with zero attached hydrogens (tertiary/aromatic N) is 1. The fourth-order valence-corrected chi connectivity index (χ4v) is 13.3. The van der Waals surface area contributed by atoms with Crippen LogP contribution in [0.5, 0.6) is 0 Å². The maximum atomic E-state index is 2.53. The molecule has 1 heterocycles. The Balaban J connectivity index is 1.02. The van der Waals surface area contributed by atoms with E-state index in [0.29, 0.717) is 0 Å². The van der Waals surface area contributed by atoms with E-state index in [1.807, 2.05) is 11.3 Å². The first-order valence-electron chi connectivity index (χ1n) is 23.1. The molecule has 0 saturated heterocycles. The molecule has 3 aliphatic carbocycles. The minimum absolute atomic E-state index is 0.144.